The van der Waals surface area contributed by atoms with Gasteiger partial charge < -0.3 is 14.0 Å². The standard InChI is InChI=1S/C25H21FN2O4/c1-31-23-12-9-16(15-24(23)32-2)21(29)10-11-22(30)19-6-4-8-25(27-19)28-14-13-17-18(26)5-3-7-20(17)28/h3-9,12-15H,10-11H2,1-2H3. The molecule has 0 aliphatic rings. The molecule has 0 bridgehead atoms. The van der Waals surface area contributed by atoms with Crippen LogP contribution in [0.1, 0.15) is 33.7 Å². The Hall–Kier alpha value is -4.00. The number of methoxy groups -OCH3 is 2. The Morgan fingerprint density at radius 3 is 2.44 bits per heavy atom. The zero-order valence-corrected chi connectivity index (χ0v) is 17.7. The van der Waals surface area contributed by atoms with E-state index in [9.17, 15) is 14.0 Å². The summed E-state index contributed by atoms with van der Waals surface area (Å²) in [6.07, 6.45) is 1.77. The molecule has 4 aromatic rings. The van der Waals surface area contributed by atoms with E-state index in [0.29, 0.717) is 33.8 Å². The molecule has 0 amide bonds. The van der Waals surface area contributed by atoms with Crippen LogP contribution in [0, 0.1) is 5.82 Å². The normalized spacial score (nSPS) is 10.8. The Morgan fingerprint density at radius 2 is 1.66 bits per heavy atom. The molecule has 0 aliphatic carbocycles. The van der Waals surface area contributed by atoms with Crippen molar-refractivity contribution in [1.82, 2.24) is 9.55 Å². The molecule has 0 N–H and O–H groups in total. The van der Waals surface area contributed by atoms with Gasteiger partial charge in [-0.15, -0.1) is 0 Å². The monoisotopic (exact) mass is 432 g/mol. The van der Waals surface area contributed by atoms with Crippen molar-refractivity contribution in [3.63, 3.8) is 0 Å². The third-order valence-electron chi connectivity index (χ3n) is 5.23. The SMILES string of the molecule is COc1ccc(C(=O)CCC(=O)c2cccc(-n3ccc4c(F)cccc43)n2)cc1OC. The molecule has 7 heteroatoms. The lowest BCUT2D eigenvalue weighted by molar-refractivity contribution is 0.0915. The molecule has 0 saturated heterocycles. The van der Waals surface area contributed by atoms with E-state index in [4.69, 9.17) is 9.47 Å². The van der Waals surface area contributed by atoms with Crippen LogP contribution in [0.3, 0.4) is 0 Å². The Balaban J connectivity index is 1.50. The highest BCUT2D eigenvalue weighted by Crippen LogP contribution is 2.28. The molecule has 0 saturated carbocycles. The fourth-order valence-corrected chi connectivity index (χ4v) is 3.55. The summed E-state index contributed by atoms with van der Waals surface area (Å²) in [6.45, 7) is 0. The minimum absolute atomic E-state index is 0.0185. The van der Waals surface area contributed by atoms with Crippen LogP contribution in [0.2, 0.25) is 0 Å². The fourth-order valence-electron chi connectivity index (χ4n) is 3.55. The first-order chi connectivity index (χ1) is 15.5. The van der Waals surface area contributed by atoms with Crippen LogP contribution in [0.15, 0.2) is 66.9 Å². The zero-order valence-electron chi connectivity index (χ0n) is 17.7. The van der Waals surface area contributed by atoms with E-state index >= 15 is 0 Å². The van der Waals surface area contributed by atoms with Crippen molar-refractivity contribution in [2.45, 2.75) is 12.8 Å². The number of hydrogen-bond acceptors (Lipinski definition) is 5. The Kier molecular flexibility index (Phi) is 5.98. The third kappa shape index (κ3) is 4.09. The van der Waals surface area contributed by atoms with Crippen LogP contribution in [0.5, 0.6) is 11.5 Å². The van der Waals surface area contributed by atoms with Crippen LogP contribution in [-0.2, 0) is 0 Å². The quantitative estimate of drug-likeness (QED) is 0.365. The van der Waals surface area contributed by atoms with Gasteiger partial charge in [0.2, 0.25) is 0 Å². The number of carbonyl (C=O) groups excluding carboxylic acids is 2. The number of aromatic nitrogens is 2. The molecule has 32 heavy (non-hydrogen) atoms. The molecule has 0 fully saturated rings. The largest absolute Gasteiger partial charge is 0.493 e. The van der Waals surface area contributed by atoms with Crippen molar-refractivity contribution < 1.29 is 23.5 Å². The second-order valence-corrected chi connectivity index (χ2v) is 7.16. The second kappa shape index (κ2) is 9.01. The van der Waals surface area contributed by atoms with Crippen molar-refractivity contribution in [1.29, 1.82) is 0 Å². The molecule has 2 heterocycles. The highest BCUT2D eigenvalue weighted by atomic mass is 19.1. The van der Waals surface area contributed by atoms with E-state index < -0.39 is 0 Å². The van der Waals surface area contributed by atoms with E-state index in [-0.39, 0.29) is 35.9 Å². The molecule has 2 aromatic carbocycles. The maximum Gasteiger partial charge on any atom is 0.181 e. The van der Waals surface area contributed by atoms with Gasteiger partial charge in [-0.05, 0) is 48.5 Å². The second-order valence-electron chi connectivity index (χ2n) is 7.16. The van der Waals surface area contributed by atoms with E-state index in [1.54, 1.807) is 65.4 Å². The van der Waals surface area contributed by atoms with Crippen LogP contribution in [0.4, 0.5) is 4.39 Å². The number of hydrogen-bond donors (Lipinski definition) is 0. The van der Waals surface area contributed by atoms with E-state index in [1.807, 2.05) is 0 Å². The van der Waals surface area contributed by atoms with Gasteiger partial charge in [-0.25, -0.2) is 9.37 Å². The lowest BCUT2D eigenvalue weighted by Gasteiger charge is -2.09. The molecule has 0 radical (unpaired) electrons. The number of ether oxygens (including phenoxy) is 2. The number of ketones is 2. The Labute approximate surface area is 184 Å². The topological polar surface area (TPSA) is 70.4 Å². The summed E-state index contributed by atoms with van der Waals surface area (Å²) in [6, 6.07) is 16.5. The summed E-state index contributed by atoms with van der Waals surface area (Å²) in [4.78, 5) is 29.7. The third-order valence-corrected chi connectivity index (χ3v) is 5.23. The average molecular weight is 432 g/mol. The number of carbonyl (C=O) groups is 2. The predicted octanol–water partition coefficient (Wildman–Crippen LogP) is 5.03. The lowest BCUT2D eigenvalue weighted by Crippen LogP contribution is -2.08. The molecule has 6 nitrogen and oxygen atoms in total. The van der Waals surface area contributed by atoms with Gasteiger partial charge in [-0.2, -0.15) is 0 Å². The highest BCUT2D eigenvalue weighted by molar-refractivity contribution is 6.01. The molecular formula is C25H21FN2O4. The van der Waals surface area contributed by atoms with E-state index in [2.05, 4.69) is 4.98 Å². The lowest BCUT2D eigenvalue weighted by atomic mass is 10.0. The first-order valence-electron chi connectivity index (χ1n) is 10.0. The van der Waals surface area contributed by atoms with Crippen LogP contribution in [0.25, 0.3) is 16.7 Å². The predicted molar refractivity (Wildman–Crippen MR) is 118 cm³/mol. The molecule has 2 aromatic heterocycles. The minimum Gasteiger partial charge on any atom is -0.493 e. The summed E-state index contributed by atoms with van der Waals surface area (Å²) in [5.74, 6) is 0.739. The molecule has 0 aliphatic heterocycles. The van der Waals surface area contributed by atoms with E-state index in [1.165, 1.54) is 20.3 Å². The summed E-state index contributed by atoms with van der Waals surface area (Å²) in [7, 11) is 3.02. The molecule has 162 valence electrons. The summed E-state index contributed by atoms with van der Waals surface area (Å²) in [5.41, 5.74) is 1.35. The van der Waals surface area contributed by atoms with Gasteiger partial charge in [0, 0.05) is 30.0 Å². The van der Waals surface area contributed by atoms with Crippen LogP contribution in [-0.4, -0.2) is 35.3 Å². The van der Waals surface area contributed by atoms with E-state index in [0.717, 1.165) is 0 Å². The minimum atomic E-state index is -0.317. The summed E-state index contributed by atoms with van der Waals surface area (Å²) >= 11 is 0. The first kappa shape index (κ1) is 21.2. The van der Waals surface area contributed by atoms with Crippen molar-refractivity contribution in [2.24, 2.45) is 0 Å². The molecular weight excluding hydrogens is 411 g/mol. The highest BCUT2D eigenvalue weighted by Gasteiger charge is 2.15. The number of pyridine rings is 1. The first-order valence-corrected chi connectivity index (χ1v) is 10.0. The van der Waals surface area contributed by atoms with Gasteiger partial charge in [0.05, 0.1) is 19.7 Å². The number of nitrogens with zero attached hydrogens (tertiary/aromatic N) is 2. The molecule has 4 rings (SSSR count). The van der Waals surface area contributed by atoms with Gasteiger partial charge in [0.15, 0.2) is 23.1 Å². The number of halogens is 1. The fraction of sp³-hybridized carbons (Fsp3) is 0.160. The van der Waals surface area contributed by atoms with Crippen molar-refractivity contribution in [3.8, 4) is 17.3 Å². The van der Waals surface area contributed by atoms with Crippen LogP contribution < -0.4 is 9.47 Å². The number of rotatable bonds is 8. The average Bonchev–Trinajstić information content (AvgIpc) is 3.27. The van der Waals surface area contributed by atoms with Crippen molar-refractivity contribution in [2.75, 3.05) is 14.2 Å². The Morgan fingerprint density at radius 1 is 0.906 bits per heavy atom. The van der Waals surface area contributed by atoms with Gasteiger partial charge in [-0.3, -0.25) is 9.59 Å². The summed E-state index contributed by atoms with van der Waals surface area (Å²) < 4.78 is 26.1. The van der Waals surface area contributed by atoms with Crippen LogP contribution >= 0.6 is 0 Å². The van der Waals surface area contributed by atoms with Gasteiger partial charge >= 0.3 is 0 Å². The molecule has 0 unspecified atom stereocenters. The molecule has 0 spiro atoms. The van der Waals surface area contributed by atoms with Gasteiger partial charge in [0.1, 0.15) is 17.3 Å². The maximum absolute atomic E-state index is 14.0. The maximum atomic E-state index is 14.0. The number of benzene rings is 2. The Bertz CT molecular complexity index is 1310. The summed E-state index contributed by atoms with van der Waals surface area (Å²) in [5, 5.41) is 0.478. The van der Waals surface area contributed by atoms with Gasteiger partial charge in [0.25, 0.3) is 0 Å². The van der Waals surface area contributed by atoms with Crippen molar-refractivity contribution in [3.05, 3.63) is 83.9 Å². The van der Waals surface area contributed by atoms with Gasteiger partial charge in [-0.1, -0.05) is 12.1 Å². The number of Topliss-reactive ketones (excluding diaryl/α,β-unsaturated/α-hetero) is 2. The zero-order chi connectivity index (χ0) is 22.7. The molecule has 0 atom stereocenters. The smallest absolute Gasteiger partial charge is 0.181 e. The number of fused-ring (bicyclic) bond motifs is 1. The van der Waals surface area contributed by atoms with Crippen molar-refractivity contribution >= 4 is 22.5 Å².